The van der Waals surface area contributed by atoms with Crippen molar-refractivity contribution in [3.05, 3.63) is 70.8 Å². The van der Waals surface area contributed by atoms with Gasteiger partial charge in [0.2, 0.25) is 11.6 Å². The number of rotatable bonds is 7. The van der Waals surface area contributed by atoms with Crippen molar-refractivity contribution in [3.8, 4) is 0 Å². The third kappa shape index (κ3) is 4.32. The highest BCUT2D eigenvalue weighted by Gasteiger charge is 2.18. The van der Waals surface area contributed by atoms with E-state index in [0.717, 1.165) is 17.2 Å². The Morgan fingerprint density at radius 3 is 2.68 bits per heavy atom. The molecule has 1 aromatic carbocycles. The van der Waals surface area contributed by atoms with E-state index in [-0.39, 0.29) is 23.9 Å². The number of aryl methyl sites for hydroxylation is 1. The molecule has 0 fully saturated rings. The summed E-state index contributed by atoms with van der Waals surface area (Å²) in [6.07, 6.45) is 2.56. The van der Waals surface area contributed by atoms with Crippen LogP contribution in [0, 0.1) is 6.92 Å². The SMILES string of the molecule is CCOC(=O)c1cc(C(O)=CC(=O)c2nn[nH]n2)cn1Cc1ccc(C)cc1. The lowest BCUT2D eigenvalue weighted by molar-refractivity contribution is 0.0514. The van der Waals surface area contributed by atoms with Crippen molar-refractivity contribution in [1.29, 1.82) is 0 Å². The second-order valence-electron chi connectivity index (χ2n) is 6.08. The Kier molecular flexibility index (Phi) is 5.64. The van der Waals surface area contributed by atoms with Gasteiger partial charge in [-0.25, -0.2) is 4.79 Å². The first kappa shape index (κ1) is 19.0. The molecule has 0 bridgehead atoms. The second-order valence-corrected chi connectivity index (χ2v) is 6.08. The molecule has 2 heterocycles. The fourth-order valence-electron chi connectivity index (χ4n) is 2.59. The van der Waals surface area contributed by atoms with Crippen LogP contribution in [-0.4, -0.2) is 48.7 Å². The van der Waals surface area contributed by atoms with E-state index >= 15 is 0 Å². The van der Waals surface area contributed by atoms with E-state index in [1.54, 1.807) is 17.7 Å². The van der Waals surface area contributed by atoms with Crippen molar-refractivity contribution in [3.63, 3.8) is 0 Å². The Labute approximate surface area is 160 Å². The number of hydrogen-bond donors (Lipinski definition) is 2. The predicted molar refractivity (Wildman–Crippen MR) is 99.8 cm³/mol. The summed E-state index contributed by atoms with van der Waals surface area (Å²) in [5.74, 6) is -1.62. The Bertz CT molecular complexity index is 1000. The molecular weight excluding hydrogens is 362 g/mol. The number of carbonyl (C=O) groups is 2. The highest BCUT2D eigenvalue weighted by Crippen LogP contribution is 2.19. The average Bonchev–Trinajstić information content (AvgIpc) is 3.34. The average molecular weight is 381 g/mol. The second kappa shape index (κ2) is 8.30. The molecule has 0 saturated heterocycles. The van der Waals surface area contributed by atoms with Gasteiger partial charge in [0, 0.05) is 24.4 Å². The van der Waals surface area contributed by atoms with Crippen LogP contribution in [0.25, 0.3) is 5.76 Å². The lowest BCUT2D eigenvalue weighted by Crippen LogP contribution is -2.12. The van der Waals surface area contributed by atoms with E-state index < -0.39 is 11.8 Å². The van der Waals surface area contributed by atoms with Crippen LogP contribution in [0.4, 0.5) is 0 Å². The molecule has 0 atom stereocenters. The van der Waals surface area contributed by atoms with E-state index in [0.29, 0.717) is 12.1 Å². The maximum atomic E-state index is 12.3. The normalized spacial score (nSPS) is 11.4. The Morgan fingerprint density at radius 2 is 2.04 bits per heavy atom. The van der Waals surface area contributed by atoms with Gasteiger partial charge in [0.05, 0.1) is 6.61 Å². The predicted octanol–water partition coefficient (Wildman–Crippen LogP) is 2.32. The number of H-pyrrole nitrogens is 1. The number of aromatic amines is 1. The summed E-state index contributed by atoms with van der Waals surface area (Å²) in [6, 6.07) is 9.34. The topological polar surface area (TPSA) is 123 Å². The Balaban J connectivity index is 1.92. The lowest BCUT2D eigenvalue weighted by atomic mass is 10.1. The minimum Gasteiger partial charge on any atom is -0.507 e. The molecule has 9 heteroatoms. The molecule has 2 N–H and O–H groups in total. The minimum atomic E-state index is -0.616. The molecule has 28 heavy (non-hydrogen) atoms. The van der Waals surface area contributed by atoms with Gasteiger partial charge in [0.25, 0.3) is 0 Å². The number of aliphatic hydroxyl groups is 1. The molecule has 3 rings (SSSR count). The molecule has 3 aromatic rings. The number of esters is 1. The summed E-state index contributed by atoms with van der Waals surface area (Å²) in [4.78, 5) is 24.3. The van der Waals surface area contributed by atoms with Crippen molar-refractivity contribution in [1.82, 2.24) is 25.2 Å². The molecule has 0 amide bonds. The van der Waals surface area contributed by atoms with Gasteiger partial charge in [0.15, 0.2) is 0 Å². The quantitative estimate of drug-likeness (QED) is 0.279. The number of ether oxygens (including phenoxy) is 1. The van der Waals surface area contributed by atoms with E-state index in [1.165, 1.54) is 6.07 Å². The number of allylic oxidation sites excluding steroid dienone is 1. The molecule has 9 nitrogen and oxygen atoms in total. The van der Waals surface area contributed by atoms with Crippen molar-refractivity contribution in [2.45, 2.75) is 20.4 Å². The van der Waals surface area contributed by atoms with Crippen molar-refractivity contribution in [2.75, 3.05) is 6.61 Å². The molecule has 0 aliphatic rings. The highest BCUT2D eigenvalue weighted by atomic mass is 16.5. The molecule has 0 aliphatic carbocycles. The third-order valence-electron chi connectivity index (χ3n) is 3.98. The Hall–Kier alpha value is -3.75. The molecule has 0 aliphatic heterocycles. The monoisotopic (exact) mass is 381 g/mol. The smallest absolute Gasteiger partial charge is 0.354 e. The van der Waals surface area contributed by atoms with Gasteiger partial charge >= 0.3 is 5.97 Å². The molecule has 2 aromatic heterocycles. The number of nitrogens with one attached hydrogen (secondary N) is 1. The van der Waals surface area contributed by atoms with Gasteiger partial charge in [-0.3, -0.25) is 4.79 Å². The fraction of sp³-hybridized carbons (Fsp3) is 0.211. The van der Waals surface area contributed by atoms with Crippen LogP contribution in [0.5, 0.6) is 0 Å². The van der Waals surface area contributed by atoms with E-state index in [1.807, 2.05) is 31.2 Å². The highest BCUT2D eigenvalue weighted by molar-refractivity contribution is 6.05. The van der Waals surface area contributed by atoms with Crippen LogP contribution in [0.3, 0.4) is 0 Å². The van der Waals surface area contributed by atoms with Gasteiger partial charge < -0.3 is 14.4 Å². The molecule has 0 saturated carbocycles. The first-order valence-electron chi connectivity index (χ1n) is 8.59. The zero-order valence-electron chi connectivity index (χ0n) is 15.4. The van der Waals surface area contributed by atoms with Gasteiger partial charge in [-0.05, 0) is 30.7 Å². The molecule has 144 valence electrons. The summed E-state index contributed by atoms with van der Waals surface area (Å²) >= 11 is 0. The number of aromatic nitrogens is 5. The van der Waals surface area contributed by atoms with Crippen LogP contribution in [-0.2, 0) is 11.3 Å². The van der Waals surface area contributed by atoms with Crippen LogP contribution < -0.4 is 0 Å². The number of ketones is 1. The molecule has 0 unspecified atom stereocenters. The molecule has 0 spiro atoms. The zero-order valence-corrected chi connectivity index (χ0v) is 15.4. The summed E-state index contributed by atoms with van der Waals surface area (Å²) in [5, 5.41) is 22.9. The van der Waals surface area contributed by atoms with Gasteiger partial charge in [-0.15, -0.1) is 10.2 Å². The van der Waals surface area contributed by atoms with Gasteiger partial charge in [0.1, 0.15) is 11.5 Å². The number of nitrogens with zero attached hydrogens (tertiary/aromatic N) is 4. The van der Waals surface area contributed by atoms with Crippen LogP contribution in [0.2, 0.25) is 0 Å². The maximum absolute atomic E-state index is 12.3. The fourth-order valence-corrected chi connectivity index (χ4v) is 2.59. The zero-order chi connectivity index (χ0) is 20.1. The van der Waals surface area contributed by atoms with Crippen molar-refractivity contribution >= 4 is 17.5 Å². The van der Waals surface area contributed by atoms with E-state index in [2.05, 4.69) is 20.6 Å². The van der Waals surface area contributed by atoms with E-state index in [9.17, 15) is 14.7 Å². The number of carbonyl (C=O) groups excluding carboxylic acids is 2. The first-order valence-corrected chi connectivity index (χ1v) is 8.59. The van der Waals surface area contributed by atoms with Gasteiger partial charge in [-0.2, -0.15) is 5.21 Å². The van der Waals surface area contributed by atoms with Crippen molar-refractivity contribution in [2.24, 2.45) is 0 Å². The third-order valence-corrected chi connectivity index (χ3v) is 3.98. The molecular formula is C19H19N5O4. The summed E-state index contributed by atoms with van der Waals surface area (Å²) in [7, 11) is 0. The number of hydrogen-bond acceptors (Lipinski definition) is 7. The van der Waals surface area contributed by atoms with Gasteiger partial charge in [-0.1, -0.05) is 29.8 Å². The summed E-state index contributed by atoms with van der Waals surface area (Å²) < 4.78 is 6.77. The maximum Gasteiger partial charge on any atom is 0.354 e. The van der Waals surface area contributed by atoms with Crippen LogP contribution >= 0.6 is 0 Å². The standard InChI is InChI=1S/C19H19N5O4/c1-3-28-19(27)15-8-14(16(25)9-17(26)18-20-22-23-21-18)11-24(15)10-13-6-4-12(2)5-7-13/h4-9,11,25H,3,10H2,1-2H3,(H,20,21,22,23). The summed E-state index contributed by atoms with van der Waals surface area (Å²) in [6.45, 7) is 4.33. The Morgan fingerprint density at radius 1 is 1.29 bits per heavy atom. The number of benzene rings is 1. The largest absolute Gasteiger partial charge is 0.507 e. The lowest BCUT2D eigenvalue weighted by Gasteiger charge is -2.08. The minimum absolute atomic E-state index is 0.170. The summed E-state index contributed by atoms with van der Waals surface area (Å²) in [5.41, 5.74) is 2.67. The van der Waals surface area contributed by atoms with E-state index in [4.69, 9.17) is 4.74 Å². The first-order chi connectivity index (χ1) is 13.5. The van der Waals surface area contributed by atoms with Crippen LogP contribution in [0.1, 0.15) is 44.7 Å². The molecule has 0 radical (unpaired) electrons. The van der Waals surface area contributed by atoms with Crippen LogP contribution in [0.15, 0.2) is 42.6 Å². The number of tetrazole rings is 1. The number of aliphatic hydroxyl groups excluding tert-OH is 1. The van der Waals surface area contributed by atoms with Crippen molar-refractivity contribution < 1.29 is 19.4 Å².